The van der Waals surface area contributed by atoms with E-state index >= 15 is 0 Å². The maximum atomic E-state index is 14.8. The van der Waals surface area contributed by atoms with Gasteiger partial charge in [0.05, 0.1) is 10.6 Å². The fourth-order valence-corrected chi connectivity index (χ4v) is 8.06. The molecule has 0 spiro atoms. The number of rotatable bonds is 14. The summed E-state index contributed by atoms with van der Waals surface area (Å²) >= 11 is 3.49. The molecule has 0 aromatic heterocycles. The third-order valence-electron chi connectivity index (χ3n) is 9.23. The molecular weight excluding hydrogens is 738 g/mol. The fourth-order valence-electron chi connectivity index (χ4n) is 6.38. The van der Waals surface area contributed by atoms with Crippen molar-refractivity contribution in [2.45, 2.75) is 62.6 Å². The Hall–Kier alpha value is -4.93. The molecule has 2 amide bonds. The van der Waals surface area contributed by atoms with E-state index in [1.165, 1.54) is 4.90 Å². The predicted octanol–water partition coefficient (Wildman–Crippen LogP) is 8.44. The molecule has 5 aromatic carbocycles. The average molecular weight is 781 g/mol. The van der Waals surface area contributed by atoms with E-state index in [1.807, 2.05) is 91.9 Å². The second-order valence-corrected chi connectivity index (χ2v) is 15.9. The molecule has 268 valence electrons. The third kappa shape index (κ3) is 9.48. The zero-order valence-corrected chi connectivity index (χ0v) is 31.4. The zero-order chi connectivity index (χ0) is 36.5. The number of aryl methyl sites for hydroxylation is 1. The van der Waals surface area contributed by atoms with Gasteiger partial charge in [0.1, 0.15) is 24.1 Å². The van der Waals surface area contributed by atoms with Gasteiger partial charge in [-0.2, -0.15) is 0 Å². The highest BCUT2D eigenvalue weighted by Gasteiger charge is 2.35. The first kappa shape index (κ1) is 36.8. The summed E-state index contributed by atoms with van der Waals surface area (Å²) in [5.41, 5.74) is 2.88. The molecule has 0 aliphatic heterocycles. The Kier molecular flexibility index (Phi) is 12.1. The Labute approximate surface area is 314 Å². The van der Waals surface area contributed by atoms with Crippen molar-refractivity contribution in [2.75, 3.05) is 10.8 Å². The molecule has 1 fully saturated rings. The Morgan fingerprint density at radius 2 is 1.37 bits per heavy atom. The summed E-state index contributed by atoms with van der Waals surface area (Å²) in [5, 5.41) is 3.22. The topological polar surface area (TPSA) is 96.0 Å². The van der Waals surface area contributed by atoms with Gasteiger partial charge in [-0.15, -0.1) is 0 Å². The van der Waals surface area contributed by atoms with Crippen LogP contribution in [0.4, 0.5) is 5.69 Å². The Bertz CT molecular complexity index is 2040. The molecule has 0 heterocycles. The van der Waals surface area contributed by atoms with Gasteiger partial charge in [0, 0.05) is 23.5 Å². The van der Waals surface area contributed by atoms with E-state index in [0.29, 0.717) is 11.5 Å². The number of anilines is 1. The maximum absolute atomic E-state index is 14.8. The number of benzene rings is 5. The second-order valence-electron chi connectivity index (χ2n) is 13.1. The van der Waals surface area contributed by atoms with Crippen LogP contribution in [0.3, 0.4) is 0 Å². The van der Waals surface area contributed by atoms with Crippen molar-refractivity contribution in [3.63, 3.8) is 0 Å². The standard InChI is InChI=1S/C42H42BrN3O5S/c1-31-16-26-39(27-17-31)52(49,50)46(36-22-24-38(25-23-36)51-37-14-6-3-7-15-37)30-41(47)45(29-33-18-20-34(43)21-19-33)40(28-32-10-4-2-5-11-32)42(48)44-35-12-8-9-13-35/h2-7,10-11,14-27,35,40H,8-9,12-13,28-30H2,1H3,(H,44,48)/t40-/m1/s1. The first-order valence-corrected chi connectivity index (χ1v) is 19.7. The molecular formula is C42H42BrN3O5S. The van der Waals surface area contributed by atoms with Crippen molar-refractivity contribution in [3.8, 4) is 11.5 Å². The minimum absolute atomic E-state index is 0.0328. The predicted molar refractivity (Wildman–Crippen MR) is 208 cm³/mol. The lowest BCUT2D eigenvalue weighted by Gasteiger charge is -2.34. The normalized spacial score (nSPS) is 13.7. The SMILES string of the molecule is Cc1ccc(S(=O)(=O)N(CC(=O)N(Cc2ccc(Br)cc2)[C@H](Cc2ccccc2)C(=O)NC2CCCC2)c2ccc(Oc3ccccc3)cc2)cc1. The minimum Gasteiger partial charge on any atom is -0.457 e. The fraction of sp³-hybridized carbons (Fsp3) is 0.238. The van der Waals surface area contributed by atoms with Crippen LogP contribution in [0.1, 0.15) is 42.4 Å². The monoisotopic (exact) mass is 779 g/mol. The number of carbonyl (C=O) groups excluding carboxylic acids is 2. The molecule has 1 N–H and O–H groups in total. The van der Waals surface area contributed by atoms with Gasteiger partial charge in [-0.3, -0.25) is 13.9 Å². The van der Waals surface area contributed by atoms with Crippen molar-refractivity contribution in [2.24, 2.45) is 0 Å². The quantitative estimate of drug-likeness (QED) is 0.122. The van der Waals surface area contributed by atoms with Crippen molar-refractivity contribution < 1.29 is 22.7 Å². The van der Waals surface area contributed by atoms with Crippen LogP contribution in [-0.4, -0.2) is 43.8 Å². The summed E-state index contributed by atoms with van der Waals surface area (Å²) in [6, 6.07) is 38.7. The lowest BCUT2D eigenvalue weighted by atomic mass is 10.0. The summed E-state index contributed by atoms with van der Waals surface area (Å²) < 4.78 is 36.8. The lowest BCUT2D eigenvalue weighted by molar-refractivity contribution is -0.140. The molecule has 1 saturated carbocycles. The molecule has 52 heavy (non-hydrogen) atoms. The van der Waals surface area contributed by atoms with Gasteiger partial charge < -0.3 is 15.0 Å². The molecule has 1 aliphatic carbocycles. The summed E-state index contributed by atoms with van der Waals surface area (Å²) in [4.78, 5) is 30.6. The Balaban J connectivity index is 1.38. The summed E-state index contributed by atoms with van der Waals surface area (Å²) in [5.74, 6) is 0.387. The van der Waals surface area contributed by atoms with Crippen molar-refractivity contribution >= 4 is 43.5 Å². The smallest absolute Gasteiger partial charge is 0.264 e. The van der Waals surface area contributed by atoms with E-state index < -0.39 is 28.5 Å². The molecule has 0 saturated heterocycles. The van der Waals surface area contributed by atoms with Crippen LogP contribution >= 0.6 is 15.9 Å². The van der Waals surface area contributed by atoms with Gasteiger partial charge in [0.2, 0.25) is 11.8 Å². The van der Waals surface area contributed by atoms with Gasteiger partial charge in [-0.1, -0.05) is 107 Å². The van der Waals surface area contributed by atoms with Crippen LogP contribution in [0.2, 0.25) is 0 Å². The van der Waals surface area contributed by atoms with E-state index in [1.54, 1.807) is 48.5 Å². The number of nitrogens with one attached hydrogen (secondary N) is 1. The van der Waals surface area contributed by atoms with E-state index in [9.17, 15) is 18.0 Å². The van der Waals surface area contributed by atoms with Gasteiger partial charge >= 0.3 is 0 Å². The molecule has 0 bridgehead atoms. The summed E-state index contributed by atoms with van der Waals surface area (Å²) in [6.45, 7) is 1.45. The highest BCUT2D eigenvalue weighted by Crippen LogP contribution is 2.29. The third-order valence-corrected chi connectivity index (χ3v) is 11.5. The van der Waals surface area contributed by atoms with E-state index in [2.05, 4.69) is 21.2 Å². The minimum atomic E-state index is -4.23. The van der Waals surface area contributed by atoms with Crippen LogP contribution < -0.4 is 14.4 Å². The molecule has 1 aliphatic rings. The Morgan fingerprint density at radius 1 is 0.769 bits per heavy atom. The van der Waals surface area contributed by atoms with Crippen molar-refractivity contribution in [1.29, 1.82) is 0 Å². The number of hydrogen-bond donors (Lipinski definition) is 1. The molecule has 8 nitrogen and oxygen atoms in total. The van der Waals surface area contributed by atoms with Gasteiger partial charge in [0.25, 0.3) is 10.0 Å². The first-order valence-electron chi connectivity index (χ1n) is 17.5. The number of halogens is 1. The maximum Gasteiger partial charge on any atom is 0.264 e. The van der Waals surface area contributed by atoms with Gasteiger partial charge in [-0.05, 0) is 91.6 Å². The average Bonchev–Trinajstić information content (AvgIpc) is 3.67. The van der Waals surface area contributed by atoms with Crippen LogP contribution in [-0.2, 0) is 32.6 Å². The second kappa shape index (κ2) is 17.1. The molecule has 0 radical (unpaired) electrons. The summed E-state index contributed by atoms with van der Waals surface area (Å²) in [7, 11) is -4.23. The molecule has 1 atom stereocenters. The number of amides is 2. The molecule has 5 aromatic rings. The lowest BCUT2D eigenvalue weighted by Crippen LogP contribution is -2.54. The highest BCUT2D eigenvalue weighted by molar-refractivity contribution is 9.10. The Morgan fingerprint density at radius 3 is 2.00 bits per heavy atom. The number of nitrogens with zero attached hydrogens (tertiary/aromatic N) is 2. The van der Waals surface area contributed by atoms with Gasteiger partial charge in [0.15, 0.2) is 0 Å². The number of carbonyl (C=O) groups is 2. The first-order chi connectivity index (χ1) is 25.2. The number of sulfonamides is 1. The molecule has 10 heteroatoms. The number of hydrogen-bond acceptors (Lipinski definition) is 5. The molecule has 0 unspecified atom stereocenters. The van der Waals surface area contributed by atoms with Crippen LogP contribution in [0.25, 0.3) is 0 Å². The van der Waals surface area contributed by atoms with E-state index in [0.717, 1.165) is 51.2 Å². The number of para-hydroxylation sites is 1. The van der Waals surface area contributed by atoms with Crippen molar-refractivity contribution in [3.05, 3.63) is 155 Å². The zero-order valence-electron chi connectivity index (χ0n) is 29.0. The van der Waals surface area contributed by atoms with Crippen LogP contribution in [0, 0.1) is 6.92 Å². The molecule has 6 rings (SSSR count). The van der Waals surface area contributed by atoms with Crippen LogP contribution in [0.15, 0.2) is 143 Å². The largest absolute Gasteiger partial charge is 0.457 e. The number of ether oxygens (including phenoxy) is 1. The highest BCUT2D eigenvalue weighted by atomic mass is 79.9. The van der Waals surface area contributed by atoms with Crippen molar-refractivity contribution in [1.82, 2.24) is 10.2 Å². The van der Waals surface area contributed by atoms with Crippen LogP contribution in [0.5, 0.6) is 11.5 Å². The van der Waals surface area contributed by atoms with E-state index in [4.69, 9.17) is 4.74 Å². The summed E-state index contributed by atoms with van der Waals surface area (Å²) in [6.07, 6.45) is 4.11. The van der Waals surface area contributed by atoms with E-state index in [-0.39, 0.29) is 35.5 Å². The van der Waals surface area contributed by atoms with Gasteiger partial charge in [-0.25, -0.2) is 8.42 Å².